The van der Waals surface area contributed by atoms with Crippen molar-refractivity contribution in [3.63, 3.8) is 0 Å². The van der Waals surface area contributed by atoms with Gasteiger partial charge in [0, 0.05) is 48.7 Å². The number of thioether (sulfide) groups is 1. The molecule has 1 saturated carbocycles. The molecule has 4 N–H and O–H groups in total. The minimum atomic E-state index is -4.42. The van der Waals surface area contributed by atoms with Crippen LogP contribution in [0.1, 0.15) is 29.2 Å². The van der Waals surface area contributed by atoms with Crippen LogP contribution < -0.4 is 10.3 Å². The lowest BCUT2D eigenvalue weighted by molar-refractivity contribution is -0.153. The third kappa shape index (κ3) is 4.71. The number of halogens is 1. The van der Waals surface area contributed by atoms with E-state index in [1.165, 1.54) is 16.9 Å². The van der Waals surface area contributed by atoms with Crippen molar-refractivity contribution in [2.24, 2.45) is 5.92 Å². The number of amides is 1. The fraction of sp³-hybridized carbons (Fsp3) is 0.440. The molecule has 3 fully saturated rings. The molecular weight excluding hydrogens is 598 g/mol. The van der Waals surface area contributed by atoms with Crippen LogP contribution in [0, 0.1) is 11.7 Å². The number of aromatic carboxylic acids is 1. The van der Waals surface area contributed by atoms with Gasteiger partial charge in [0.2, 0.25) is 11.3 Å². The molecule has 14 nitrogen and oxygen atoms in total. The summed E-state index contributed by atoms with van der Waals surface area (Å²) in [7, 11) is -4.42. The lowest BCUT2D eigenvalue weighted by Crippen LogP contribution is -2.58. The normalized spacial score (nSPS) is 24.1. The first kappa shape index (κ1) is 28.8. The number of pyridine rings is 1. The van der Waals surface area contributed by atoms with Gasteiger partial charge in [0.05, 0.1) is 30.3 Å². The van der Waals surface area contributed by atoms with Gasteiger partial charge < -0.3 is 29.7 Å². The Bertz CT molecular complexity index is 1670. The Morgan fingerprint density at radius 3 is 2.38 bits per heavy atom. The van der Waals surface area contributed by atoms with E-state index in [4.69, 9.17) is 4.52 Å². The molecule has 2 saturated heterocycles. The van der Waals surface area contributed by atoms with E-state index in [-0.39, 0.29) is 53.9 Å². The number of carboxylic acids is 2. The average Bonchev–Trinajstić information content (AvgIpc) is 3.73. The Morgan fingerprint density at radius 1 is 1.10 bits per heavy atom. The molecule has 1 aromatic carbocycles. The van der Waals surface area contributed by atoms with Gasteiger partial charge in [0.15, 0.2) is 0 Å². The average molecular weight is 625 g/mol. The summed E-state index contributed by atoms with van der Waals surface area (Å²) in [5, 5.41) is 27.8. The van der Waals surface area contributed by atoms with E-state index in [1.807, 2.05) is 0 Å². The number of anilines is 1. The Hall–Kier alpha value is -3.27. The van der Waals surface area contributed by atoms with Crippen molar-refractivity contribution in [3.8, 4) is 0 Å². The molecule has 0 radical (unpaired) electrons. The van der Waals surface area contributed by atoms with Gasteiger partial charge in [-0.25, -0.2) is 23.2 Å². The highest BCUT2D eigenvalue weighted by molar-refractivity contribution is 8.04. The predicted molar refractivity (Wildman–Crippen MR) is 146 cm³/mol. The molecule has 42 heavy (non-hydrogen) atoms. The molecule has 1 amide bonds. The van der Waals surface area contributed by atoms with Gasteiger partial charge in [0.25, 0.3) is 0 Å². The molecule has 1 aliphatic carbocycles. The number of aliphatic hydroxyl groups is 1. The van der Waals surface area contributed by atoms with Crippen LogP contribution in [0.5, 0.6) is 0 Å². The molecule has 4 heterocycles. The molecule has 4 aliphatic rings. The minimum Gasteiger partial charge on any atom is -0.477 e. The van der Waals surface area contributed by atoms with Crippen molar-refractivity contribution in [3.05, 3.63) is 50.5 Å². The third-order valence-corrected chi connectivity index (χ3v) is 10.9. The summed E-state index contributed by atoms with van der Waals surface area (Å²) in [5.41, 5.74) is -0.965. The molecule has 3 atom stereocenters. The molecule has 1 aromatic heterocycles. The van der Waals surface area contributed by atoms with E-state index in [1.54, 1.807) is 9.47 Å². The summed E-state index contributed by atoms with van der Waals surface area (Å²) in [5.74, 6) is -4.80. The number of carbonyl (C=O) groups is 3. The van der Waals surface area contributed by atoms with Gasteiger partial charge in [-0.15, -0.1) is 0 Å². The molecule has 3 aliphatic heterocycles. The van der Waals surface area contributed by atoms with Crippen molar-refractivity contribution >= 4 is 53.9 Å². The van der Waals surface area contributed by atoms with Gasteiger partial charge in [0.1, 0.15) is 22.5 Å². The smallest absolute Gasteiger partial charge is 0.406 e. The first-order valence-corrected chi connectivity index (χ1v) is 15.5. The SMILES string of the molecule is O=C(O)C1=C(COP(=O)(O)N2CCN(c3cc4c(cc3F)c(=O)c(C(=O)O)cn4C3CC3)CC2)SC2C(CO)C(=O)N12. The fourth-order valence-electron chi connectivity index (χ4n) is 5.55. The number of nitrogens with zero attached hydrogens (tertiary/aromatic N) is 4. The number of carbonyl (C=O) groups excluding carboxylic acids is 1. The van der Waals surface area contributed by atoms with Crippen molar-refractivity contribution in [1.29, 1.82) is 0 Å². The fourth-order valence-corrected chi connectivity index (χ4v) is 8.18. The first-order valence-electron chi connectivity index (χ1n) is 13.1. The van der Waals surface area contributed by atoms with Gasteiger partial charge in [-0.1, -0.05) is 11.8 Å². The molecule has 224 valence electrons. The third-order valence-electron chi connectivity index (χ3n) is 7.91. The topological polar surface area (TPSA) is 190 Å². The molecule has 0 bridgehead atoms. The van der Waals surface area contributed by atoms with Crippen LogP contribution in [0.15, 0.2) is 33.7 Å². The van der Waals surface area contributed by atoms with E-state index in [2.05, 4.69) is 0 Å². The van der Waals surface area contributed by atoms with Crippen LogP contribution >= 0.6 is 19.5 Å². The molecular formula is C25H26FN4O10PS. The number of rotatable bonds is 9. The van der Waals surface area contributed by atoms with Crippen LogP contribution in [0.25, 0.3) is 10.9 Å². The predicted octanol–water partition coefficient (Wildman–Crippen LogP) is 1.23. The highest BCUT2D eigenvalue weighted by atomic mass is 32.2. The second kappa shape index (κ2) is 10.5. The quantitative estimate of drug-likeness (QED) is 0.230. The van der Waals surface area contributed by atoms with Crippen molar-refractivity contribution in [2.75, 3.05) is 44.3 Å². The monoisotopic (exact) mass is 624 g/mol. The number of fused-ring (bicyclic) bond motifs is 2. The van der Waals surface area contributed by atoms with E-state index in [0.717, 1.165) is 35.6 Å². The molecule has 17 heteroatoms. The number of β-lactam (4-membered cyclic amide) rings is 1. The van der Waals surface area contributed by atoms with E-state index < -0.39 is 66.9 Å². The number of carboxylic acid groups (broad SMARTS) is 2. The lowest BCUT2D eigenvalue weighted by Gasteiger charge is -2.41. The number of aliphatic carboxylic acids is 1. The second-order valence-electron chi connectivity index (χ2n) is 10.4. The van der Waals surface area contributed by atoms with Crippen LogP contribution in [0.2, 0.25) is 0 Å². The molecule has 3 unspecified atom stereocenters. The van der Waals surface area contributed by atoms with Crippen LogP contribution in [0.4, 0.5) is 10.1 Å². The number of aliphatic hydroxyl groups excluding tert-OH is 1. The number of hydrogen-bond acceptors (Lipinski definition) is 9. The number of hydrogen-bond donors (Lipinski definition) is 4. The maximum absolute atomic E-state index is 15.3. The Balaban J connectivity index is 1.17. The van der Waals surface area contributed by atoms with Gasteiger partial charge >= 0.3 is 19.7 Å². The summed E-state index contributed by atoms with van der Waals surface area (Å²) in [4.78, 5) is 61.7. The van der Waals surface area contributed by atoms with Crippen LogP contribution in [0.3, 0.4) is 0 Å². The minimum absolute atomic E-state index is 0.00353. The maximum atomic E-state index is 15.3. The van der Waals surface area contributed by atoms with Crippen molar-refractivity contribution < 1.29 is 48.1 Å². The lowest BCUT2D eigenvalue weighted by atomic mass is 9.98. The Kier molecular flexibility index (Phi) is 7.19. The van der Waals surface area contributed by atoms with E-state index in [0.29, 0.717) is 5.52 Å². The highest BCUT2D eigenvalue weighted by Crippen LogP contribution is 2.52. The first-order chi connectivity index (χ1) is 19.9. The van der Waals surface area contributed by atoms with Crippen molar-refractivity contribution in [1.82, 2.24) is 14.1 Å². The Morgan fingerprint density at radius 2 is 1.79 bits per heavy atom. The summed E-state index contributed by atoms with van der Waals surface area (Å²) in [6, 6.07) is 2.54. The van der Waals surface area contributed by atoms with E-state index >= 15 is 4.39 Å². The van der Waals surface area contributed by atoms with Gasteiger partial charge in [-0.2, -0.15) is 0 Å². The molecule has 6 rings (SSSR count). The summed E-state index contributed by atoms with van der Waals surface area (Å²) >= 11 is 0.993. The molecule has 2 aromatic rings. The van der Waals surface area contributed by atoms with Gasteiger partial charge in [-0.05, 0) is 25.0 Å². The summed E-state index contributed by atoms with van der Waals surface area (Å²) in [6.07, 6.45) is 2.89. The number of piperazine rings is 1. The van der Waals surface area contributed by atoms with Crippen LogP contribution in [-0.2, 0) is 18.7 Å². The summed E-state index contributed by atoms with van der Waals surface area (Å²) < 4.78 is 36.5. The molecule has 0 spiro atoms. The largest absolute Gasteiger partial charge is 0.477 e. The van der Waals surface area contributed by atoms with Crippen molar-refractivity contribution in [2.45, 2.75) is 24.3 Å². The zero-order valence-corrected chi connectivity index (χ0v) is 23.6. The number of benzene rings is 1. The number of aromatic nitrogens is 1. The second-order valence-corrected chi connectivity index (χ2v) is 13.4. The standard InChI is InChI=1S/C25H26FN4O10PS/c26-16-7-13-17(29(12-1-2-12)9-14(21(13)32)24(34)35)8-18(16)27-3-5-28(6-4-27)41(38,39)40-11-19-20(25(36)37)30-22(33)15(10-31)23(30)42-19/h7-9,12,15,23,31H,1-6,10-11H2,(H,34,35)(H,36,37)(H,38,39). The van der Waals surface area contributed by atoms with E-state index in [9.17, 15) is 44.0 Å². The van der Waals surface area contributed by atoms with Gasteiger partial charge in [-0.3, -0.25) is 19.0 Å². The summed E-state index contributed by atoms with van der Waals surface area (Å²) in [6.45, 7) is -0.742. The van der Waals surface area contributed by atoms with Crippen LogP contribution in [-0.4, -0.2) is 97.0 Å². The zero-order valence-electron chi connectivity index (χ0n) is 21.9. The zero-order chi connectivity index (χ0) is 30.1. The Labute approximate surface area is 241 Å². The maximum Gasteiger partial charge on any atom is 0.406 e. The highest BCUT2D eigenvalue weighted by Gasteiger charge is 2.56.